The topological polar surface area (TPSA) is 97.8 Å². The van der Waals surface area contributed by atoms with Gasteiger partial charge in [0.2, 0.25) is 5.91 Å². The molecule has 1 atom stereocenters. The molecular weight excluding hydrogens is 501 g/mol. The smallest absolute Gasteiger partial charge is 0.412 e. The Hall–Kier alpha value is -3.72. The van der Waals surface area contributed by atoms with Gasteiger partial charge >= 0.3 is 12.1 Å². The van der Waals surface area contributed by atoms with Gasteiger partial charge in [-0.3, -0.25) is 14.9 Å². The van der Waals surface area contributed by atoms with Crippen LogP contribution in [-0.4, -0.2) is 54.7 Å². The molecule has 10 heteroatoms. The van der Waals surface area contributed by atoms with Crippen molar-refractivity contribution >= 4 is 46.2 Å². The predicted octanol–water partition coefficient (Wildman–Crippen LogP) is 5.38. The van der Waals surface area contributed by atoms with Gasteiger partial charge in [-0.25, -0.2) is 14.2 Å². The standard InChI is InChI=1S/C27H29ClFN3O5/c1-32(24(33)14-13-18-9-5-11-22(29)26(18)28)21(10-6-12-25(34)36-2)17-37-27(35)31-23-15-19-7-3-4-8-20(19)16-30-23/h3-5,7-9,11,15-16,21H,6,10,12-14,17H2,1-2H3,(H,30,31,35)/t21-/m0/s1. The predicted molar refractivity (Wildman–Crippen MR) is 139 cm³/mol. The molecule has 0 unspecified atom stereocenters. The Bertz CT molecular complexity index is 1260. The number of aromatic nitrogens is 1. The fourth-order valence-electron chi connectivity index (χ4n) is 3.80. The zero-order valence-electron chi connectivity index (χ0n) is 20.7. The molecule has 0 fully saturated rings. The number of esters is 1. The van der Waals surface area contributed by atoms with Crippen LogP contribution < -0.4 is 5.32 Å². The number of hydrogen-bond acceptors (Lipinski definition) is 6. The van der Waals surface area contributed by atoms with Gasteiger partial charge in [0.25, 0.3) is 0 Å². The minimum absolute atomic E-state index is 0.00474. The number of carbonyl (C=O) groups excluding carboxylic acids is 3. The number of fused-ring (bicyclic) bond motifs is 1. The SMILES string of the molecule is COC(=O)CCC[C@@H](COC(=O)Nc1cc2ccccc2cn1)N(C)C(=O)CCc1cccc(F)c1Cl. The first-order valence-corrected chi connectivity index (χ1v) is 12.2. The van der Waals surface area contributed by atoms with Crippen LogP contribution in [0.1, 0.15) is 31.2 Å². The Morgan fingerprint density at radius 1 is 1.11 bits per heavy atom. The number of hydrogen-bond donors (Lipinski definition) is 1. The highest BCUT2D eigenvalue weighted by Crippen LogP contribution is 2.22. The molecule has 37 heavy (non-hydrogen) atoms. The number of ether oxygens (including phenoxy) is 2. The van der Waals surface area contributed by atoms with Crippen LogP contribution >= 0.6 is 11.6 Å². The molecule has 0 saturated carbocycles. The molecule has 0 saturated heterocycles. The maximum absolute atomic E-state index is 13.7. The van der Waals surface area contributed by atoms with E-state index < -0.39 is 18.0 Å². The summed E-state index contributed by atoms with van der Waals surface area (Å²) in [5.74, 6) is -0.804. The molecule has 8 nitrogen and oxygen atoms in total. The molecule has 0 aliphatic carbocycles. The highest BCUT2D eigenvalue weighted by molar-refractivity contribution is 6.31. The van der Waals surface area contributed by atoms with Crippen molar-refractivity contribution < 1.29 is 28.2 Å². The van der Waals surface area contributed by atoms with Gasteiger partial charge in [0.1, 0.15) is 18.2 Å². The van der Waals surface area contributed by atoms with Gasteiger partial charge in [-0.05, 0) is 42.3 Å². The third kappa shape index (κ3) is 8.15. The van der Waals surface area contributed by atoms with Crippen molar-refractivity contribution in [2.24, 2.45) is 0 Å². The van der Waals surface area contributed by atoms with Crippen molar-refractivity contribution in [3.05, 3.63) is 71.1 Å². The van der Waals surface area contributed by atoms with Crippen molar-refractivity contribution in [2.75, 3.05) is 26.1 Å². The second-order valence-corrected chi connectivity index (χ2v) is 8.86. The van der Waals surface area contributed by atoms with E-state index in [1.54, 1.807) is 25.4 Å². The van der Waals surface area contributed by atoms with E-state index in [1.807, 2.05) is 24.3 Å². The van der Waals surface area contributed by atoms with Crippen molar-refractivity contribution in [1.29, 1.82) is 0 Å². The lowest BCUT2D eigenvalue weighted by atomic mass is 10.1. The Morgan fingerprint density at radius 3 is 2.62 bits per heavy atom. The Balaban J connectivity index is 1.60. The van der Waals surface area contributed by atoms with Gasteiger partial charge < -0.3 is 14.4 Å². The summed E-state index contributed by atoms with van der Waals surface area (Å²) in [5.41, 5.74) is 0.532. The van der Waals surface area contributed by atoms with Crippen molar-refractivity contribution in [1.82, 2.24) is 9.88 Å². The molecule has 0 spiro atoms. The minimum Gasteiger partial charge on any atom is -0.469 e. The summed E-state index contributed by atoms with van der Waals surface area (Å²) >= 11 is 6.00. The van der Waals surface area contributed by atoms with Crippen LogP contribution in [0.15, 0.2) is 54.7 Å². The molecule has 0 bridgehead atoms. The average Bonchev–Trinajstić information content (AvgIpc) is 2.90. The van der Waals surface area contributed by atoms with Crippen LogP contribution in [-0.2, 0) is 25.5 Å². The molecule has 3 aromatic rings. The van der Waals surface area contributed by atoms with E-state index in [-0.39, 0.29) is 42.8 Å². The molecule has 0 radical (unpaired) electrons. The van der Waals surface area contributed by atoms with Crippen LogP contribution in [0, 0.1) is 5.82 Å². The number of nitrogens with one attached hydrogen (secondary N) is 1. The number of amides is 2. The molecule has 196 valence electrons. The van der Waals surface area contributed by atoms with Crippen LogP contribution in [0.4, 0.5) is 15.0 Å². The number of pyridine rings is 1. The number of benzene rings is 2. The van der Waals surface area contributed by atoms with Gasteiger partial charge in [0, 0.05) is 31.5 Å². The summed E-state index contributed by atoms with van der Waals surface area (Å²) < 4.78 is 23.8. The van der Waals surface area contributed by atoms with Gasteiger partial charge in [-0.1, -0.05) is 48.0 Å². The largest absolute Gasteiger partial charge is 0.469 e. The second-order valence-electron chi connectivity index (χ2n) is 8.48. The lowest BCUT2D eigenvalue weighted by molar-refractivity contribution is -0.140. The van der Waals surface area contributed by atoms with Crippen LogP contribution in [0.5, 0.6) is 0 Å². The first-order valence-electron chi connectivity index (χ1n) is 11.8. The zero-order valence-corrected chi connectivity index (χ0v) is 21.5. The van der Waals surface area contributed by atoms with E-state index in [0.717, 1.165) is 10.8 Å². The lowest BCUT2D eigenvalue weighted by Gasteiger charge is -2.28. The minimum atomic E-state index is -0.715. The maximum Gasteiger partial charge on any atom is 0.412 e. The Kier molecular flexibility index (Phi) is 10.2. The van der Waals surface area contributed by atoms with E-state index in [0.29, 0.717) is 24.2 Å². The summed E-state index contributed by atoms with van der Waals surface area (Å²) in [7, 11) is 2.91. The summed E-state index contributed by atoms with van der Waals surface area (Å²) in [6.07, 6.45) is 2.28. The van der Waals surface area contributed by atoms with E-state index in [1.165, 1.54) is 24.1 Å². The van der Waals surface area contributed by atoms with Gasteiger partial charge in [-0.2, -0.15) is 0 Å². The summed E-state index contributed by atoms with van der Waals surface area (Å²) in [4.78, 5) is 42.6. The van der Waals surface area contributed by atoms with Gasteiger partial charge in [0.15, 0.2) is 0 Å². The number of nitrogens with zero attached hydrogens (tertiary/aromatic N) is 2. The highest BCUT2D eigenvalue weighted by atomic mass is 35.5. The monoisotopic (exact) mass is 529 g/mol. The third-order valence-electron chi connectivity index (χ3n) is 5.99. The maximum atomic E-state index is 13.7. The van der Waals surface area contributed by atoms with E-state index in [9.17, 15) is 18.8 Å². The molecule has 3 rings (SSSR count). The summed E-state index contributed by atoms with van der Waals surface area (Å²) in [6.45, 7) is -0.0937. The fourth-order valence-corrected chi connectivity index (χ4v) is 4.02. The van der Waals surface area contributed by atoms with Crippen molar-refractivity contribution in [2.45, 2.75) is 38.1 Å². The second kappa shape index (κ2) is 13.5. The van der Waals surface area contributed by atoms with E-state index in [2.05, 4.69) is 15.0 Å². The molecule has 1 aromatic heterocycles. The van der Waals surface area contributed by atoms with E-state index in [4.69, 9.17) is 16.3 Å². The Labute approximate surface area is 219 Å². The molecule has 1 N–H and O–H groups in total. The van der Waals surface area contributed by atoms with Gasteiger partial charge in [0.05, 0.1) is 18.2 Å². The molecule has 1 heterocycles. The normalized spacial score (nSPS) is 11.6. The number of methoxy groups -OCH3 is 1. The summed E-state index contributed by atoms with van der Waals surface area (Å²) in [6, 6.07) is 13.3. The van der Waals surface area contributed by atoms with Crippen molar-refractivity contribution in [3.8, 4) is 0 Å². The third-order valence-corrected chi connectivity index (χ3v) is 6.42. The quantitative estimate of drug-likeness (QED) is 0.335. The zero-order chi connectivity index (χ0) is 26.8. The number of anilines is 1. The molecule has 2 amide bonds. The molecule has 2 aromatic carbocycles. The van der Waals surface area contributed by atoms with Crippen LogP contribution in [0.25, 0.3) is 10.8 Å². The fraction of sp³-hybridized carbons (Fsp3) is 0.333. The Morgan fingerprint density at radius 2 is 1.86 bits per heavy atom. The first kappa shape index (κ1) is 27.9. The number of likely N-dealkylation sites (N-methyl/N-ethyl adjacent to an activating group) is 1. The number of rotatable bonds is 11. The number of carbonyl (C=O) groups is 3. The number of halogens is 2. The number of aryl methyl sites for hydroxylation is 1. The van der Waals surface area contributed by atoms with Crippen molar-refractivity contribution in [3.63, 3.8) is 0 Å². The highest BCUT2D eigenvalue weighted by Gasteiger charge is 2.22. The van der Waals surface area contributed by atoms with E-state index >= 15 is 0 Å². The van der Waals surface area contributed by atoms with Crippen LogP contribution in [0.3, 0.4) is 0 Å². The average molecular weight is 530 g/mol. The molecule has 0 aliphatic heterocycles. The van der Waals surface area contributed by atoms with Gasteiger partial charge in [-0.15, -0.1) is 0 Å². The summed E-state index contributed by atoms with van der Waals surface area (Å²) in [5, 5.41) is 4.45. The first-order chi connectivity index (χ1) is 17.8. The lowest BCUT2D eigenvalue weighted by Crippen LogP contribution is -2.41. The molecular formula is C27H29ClFN3O5. The van der Waals surface area contributed by atoms with Crippen LogP contribution in [0.2, 0.25) is 5.02 Å². The molecule has 0 aliphatic rings.